The quantitative estimate of drug-likeness (QED) is 0.254. The van der Waals surface area contributed by atoms with Crippen LogP contribution in [0.4, 0.5) is 17.1 Å². The first kappa shape index (κ1) is 20.5. The van der Waals surface area contributed by atoms with Crippen LogP contribution in [0.3, 0.4) is 0 Å². The Kier molecular flexibility index (Phi) is 4.82. The Bertz CT molecular complexity index is 1790. The van der Waals surface area contributed by atoms with Crippen molar-refractivity contribution in [3.63, 3.8) is 0 Å². The second kappa shape index (κ2) is 8.44. The molecule has 0 amide bonds. The molecule has 0 saturated carbocycles. The third-order valence-electron chi connectivity index (χ3n) is 6.95. The number of hydrogen-bond donors (Lipinski definition) is 0. The first-order chi connectivity index (χ1) is 17.9. The Morgan fingerprint density at radius 1 is 0.389 bits per heavy atom. The molecule has 36 heavy (non-hydrogen) atoms. The molecule has 0 fully saturated rings. The van der Waals surface area contributed by atoms with E-state index in [4.69, 9.17) is 0 Å². The van der Waals surface area contributed by atoms with Gasteiger partial charge in [0.2, 0.25) is 0 Å². The highest BCUT2D eigenvalue weighted by Gasteiger charge is 2.17. The first-order valence-electron chi connectivity index (χ1n) is 12.3. The van der Waals surface area contributed by atoms with Crippen LogP contribution in [-0.2, 0) is 0 Å². The molecular formula is C34H24N2. The largest absolute Gasteiger partial charge is 0.310 e. The van der Waals surface area contributed by atoms with Gasteiger partial charge in [-0.05, 0) is 60.0 Å². The number of aromatic nitrogens is 1. The van der Waals surface area contributed by atoms with E-state index >= 15 is 0 Å². The highest BCUT2D eigenvalue weighted by molar-refractivity contribution is 6.11. The molecule has 0 atom stereocenters. The van der Waals surface area contributed by atoms with Crippen LogP contribution in [0.1, 0.15) is 0 Å². The number of hydrogen-bond acceptors (Lipinski definition) is 1. The Labute approximate surface area is 210 Å². The molecule has 0 aliphatic heterocycles. The maximum Gasteiger partial charge on any atom is 0.0542 e. The summed E-state index contributed by atoms with van der Waals surface area (Å²) in [5, 5.41) is 5.00. The molecule has 2 heteroatoms. The van der Waals surface area contributed by atoms with Crippen LogP contribution in [0.25, 0.3) is 38.3 Å². The van der Waals surface area contributed by atoms with Crippen LogP contribution < -0.4 is 4.90 Å². The maximum absolute atomic E-state index is 2.41. The first-order valence-corrected chi connectivity index (χ1v) is 12.3. The van der Waals surface area contributed by atoms with Crippen molar-refractivity contribution in [2.45, 2.75) is 0 Å². The molecule has 7 aromatic rings. The summed E-state index contributed by atoms with van der Waals surface area (Å²) in [6.45, 7) is 0. The summed E-state index contributed by atoms with van der Waals surface area (Å²) in [6.07, 6.45) is 0. The molecule has 7 rings (SSSR count). The summed E-state index contributed by atoms with van der Waals surface area (Å²) < 4.78 is 2.41. The molecule has 0 bridgehead atoms. The van der Waals surface area contributed by atoms with E-state index in [-0.39, 0.29) is 0 Å². The van der Waals surface area contributed by atoms with Gasteiger partial charge < -0.3 is 9.47 Å². The van der Waals surface area contributed by atoms with E-state index in [1.165, 1.54) is 38.3 Å². The van der Waals surface area contributed by atoms with Crippen LogP contribution in [0.2, 0.25) is 0 Å². The van der Waals surface area contributed by atoms with Crippen molar-refractivity contribution in [2.75, 3.05) is 4.90 Å². The molecule has 0 spiro atoms. The predicted molar refractivity (Wildman–Crippen MR) is 153 cm³/mol. The molecule has 170 valence electrons. The van der Waals surface area contributed by atoms with Gasteiger partial charge in [0.15, 0.2) is 0 Å². The lowest BCUT2D eigenvalue weighted by Crippen LogP contribution is -2.09. The minimum absolute atomic E-state index is 1.14. The normalized spacial score (nSPS) is 11.3. The SMILES string of the molecule is c1ccc(N(c2ccccc2)c2ccc3c(c2)c2ccccc2n3-c2cccc3ccccc23)cc1. The van der Waals surface area contributed by atoms with Crippen LogP contribution in [0.5, 0.6) is 0 Å². The number of para-hydroxylation sites is 3. The van der Waals surface area contributed by atoms with Crippen molar-refractivity contribution in [2.24, 2.45) is 0 Å². The fourth-order valence-corrected chi connectivity index (χ4v) is 5.36. The van der Waals surface area contributed by atoms with Crippen LogP contribution in [0.15, 0.2) is 146 Å². The fraction of sp³-hybridized carbons (Fsp3) is 0. The lowest BCUT2D eigenvalue weighted by molar-refractivity contribution is 1.20. The molecule has 1 heterocycles. The van der Waals surface area contributed by atoms with Crippen molar-refractivity contribution in [3.8, 4) is 5.69 Å². The summed E-state index contributed by atoms with van der Waals surface area (Å²) >= 11 is 0. The average Bonchev–Trinajstić information content (AvgIpc) is 3.28. The van der Waals surface area contributed by atoms with Crippen molar-refractivity contribution >= 4 is 49.6 Å². The molecular weight excluding hydrogens is 436 g/mol. The number of anilines is 3. The van der Waals surface area contributed by atoms with Gasteiger partial charge in [-0.2, -0.15) is 0 Å². The third kappa shape index (κ3) is 3.27. The highest BCUT2D eigenvalue weighted by atomic mass is 15.1. The third-order valence-corrected chi connectivity index (χ3v) is 6.95. The van der Waals surface area contributed by atoms with Crippen molar-refractivity contribution in [1.29, 1.82) is 0 Å². The second-order valence-electron chi connectivity index (χ2n) is 9.06. The number of nitrogens with zero attached hydrogens (tertiary/aromatic N) is 2. The van der Waals surface area contributed by atoms with Crippen LogP contribution in [0, 0.1) is 0 Å². The lowest BCUT2D eigenvalue weighted by Gasteiger charge is -2.25. The summed E-state index contributed by atoms with van der Waals surface area (Å²) in [4.78, 5) is 2.32. The topological polar surface area (TPSA) is 8.17 Å². The standard InChI is InChI=1S/C34H24N2/c1-3-14-26(15-4-1)35(27-16-5-2-6-17-27)28-22-23-34-31(24-28)30-19-9-10-20-33(30)36(34)32-21-11-13-25-12-7-8-18-29(25)32/h1-24H. The van der Waals surface area contributed by atoms with E-state index in [1.807, 2.05) is 0 Å². The monoisotopic (exact) mass is 460 g/mol. The maximum atomic E-state index is 2.41. The zero-order valence-corrected chi connectivity index (χ0v) is 19.8. The van der Waals surface area contributed by atoms with E-state index in [2.05, 4.69) is 155 Å². The molecule has 0 N–H and O–H groups in total. The van der Waals surface area contributed by atoms with Crippen LogP contribution >= 0.6 is 0 Å². The summed E-state index contributed by atoms with van der Waals surface area (Å²) in [7, 11) is 0. The van der Waals surface area contributed by atoms with Gasteiger partial charge in [-0.15, -0.1) is 0 Å². The van der Waals surface area contributed by atoms with Gasteiger partial charge >= 0.3 is 0 Å². The minimum atomic E-state index is 1.14. The number of fused-ring (bicyclic) bond motifs is 4. The molecule has 1 aromatic heterocycles. The van der Waals surface area contributed by atoms with E-state index in [0.717, 1.165) is 17.1 Å². The minimum Gasteiger partial charge on any atom is -0.310 e. The zero-order valence-electron chi connectivity index (χ0n) is 19.8. The Morgan fingerprint density at radius 3 is 1.72 bits per heavy atom. The van der Waals surface area contributed by atoms with E-state index in [1.54, 1.807) is 0 Å². The Hall–Kier alpha value is -4.82. The Balaban J connectivity index is 1.51. The molecule has 0 aliphatic rings. The van der Waals surface area contributed by atoms with E-state index in [0.29, 0.717) is 0 Å². The predicted octanol–water partition coefficient (Wildman–Crippen LogP) is 9.41. The smallest absolute Gasteiger partial charge is 0.0542 e. The molecule has 2 nitrogen and oxygen atoms in total. The van der Waals surface area contributed by atoms with Gasteiger partial charge in [0.05, 0.1) is 16.7 Å². The molecule has 0 aliphatic carbocycles. The van der Waals surface area contributed by atoms with Crippen molar-refractivity contribution in [3.05, 3.63) is 146 Å². The molecule has 6 aromatic carbocycles. The molecule has 0 unspecified atom stereocenters. The Morgan fingerprint density at radius 2 is 0.972 bits per heavy atom. The molecule has 0 saturated heterocycles. The zero-order chi connectivity index (χ0) is 23.9. The van der Waals surface area contributed by atoms with Crippen molar-refractivity contribution in [1.82, 2.24) is 4.57 Å². The fourth-order valence-electron chi connectivity index (χ4n) is 5.36. The van der Waals surface area contributed by atoms with Gasteiger partial charge in [0.25, 0.3) is 0 Å². The van der Waals surface area contributed by atoms with Gasteiger partial charge in [-0.1, -0.05) is 91.0 Å². The summed E-state index contributed by atoms with van der Waals surface area (Å²) in [5.41, 5.74) is 7.04. The van der Waals surface area contributed by atoms with E-state index in [9.17, 15) is 0 Å². The summed E-state index contributed by atoms with van der Waals surface area (Å²) in [5.74, 6) is 0. The van der Waals surface area contributed by atoms with E-state index < -0.39 is 0 Å². The number of benzene rings is 6. The number of rotatable bonds is 4. The lowest BCUT2D eigenvalue weighted by atomic mass is 10.1. The van der Waals surface area contributed by atoms with Gasteiger partial charge in [0.1, 0.15) is 0 Å². The highest BCUT2D eigenvalue weighted by Crippen LogP contribution is 2.40. The summed E-state index contributed by atoms with van der Waals surface area (Å²) in [6, 6.07) is 51.9. The average molecular weight is 461 g/mol. The van der Waals surface area contributed by atoms with Crippen molar-refractivity contribution < 1.29 is 0 Å². The van der Waals surface area contributed by atoms with Gasteiger partial charge in [0, 0.05) is 33.2 Å². The van der Waals surface area contributed by atoms with Gasteiger partial charge in [-0.25, -0.2) is 0 Å². The second-order valence-corrected chi connectivity index (χ2v) is 9.06. The molecule has 0 radical (unpaired) electrons. The van der Waals surface area contributed by atoms with Crippen LogP contribution in [-0.4, -0.2) is 4.57 Å². The van der Waals surface area contributed by atoms with Gasteiger partial charge in [-0.3, -0.25) is 0 Å².